The van der Waals surface area contributed by atoms with Gasteiger partial charge in [-0.15, -0.1) is 0 Å². The second kappa shape index (κ2) is 10.3. The van der Waals surface area contributed by atoms with Crippen LogP contribution < -0.4 is 15.4 Å². The van der Waals surface area contributed by atoms with Crippen molar-refractivity contribution < 1.29 is 9.47 Å². The van der Waals surface area contributed by atoms with Crippen LogP contribution in [0.5, 0.6) is 5.75 Å². The van der Waals surface area contributed by atoms with Gasteiger partial charge in [-0.25, -0.2) is 4.98 Å². The summed E-state index contributed by atoms with van der Waals surface area (Å²) >= 11 is 0. The zero-order valence-corrected chi connectivity index (χ0v) is 16.4. The van der Waals surface area contributed by atoms with Crippen molar-refractivity contribution in [3.63, 3.8) is 0 Å². The minimum absolute atomic E-state index is 0.628. The third-order valence-electron chi connectivity index (χ3n) is 4.17. The molecule has 28 heavy (non-hydrogen) atoms. The van der Waals surface area contributed by atoms with Gasteiger partial charge in [0, 0.05) is 64.3 Å². The Morgan fingerprint density at radius 3 is 2.93 bits per heavy atom. The average Bonchev–Trinajstić information content (AvgIpc) is 3.13. The van der Waals surface area contributed by atoms with Crippen LogP contribution in [0, 0.1) is 0 Å². The monoisotopic (exact) mass is 381 g/mol. The minimum Gasteiger partial charge on any atom is -0.493 e. The van der Waals surface area contributed by atoms with E-state index in [4.69, 9.17) is 9.47 Å². The molecular weight excluding hydrogens is 354 g/mol. The number of hydrogen-bond donors (Lipinski definition) is 2. The number of methoxy groups -OCH3 is 1. The quantitative estimate of drug-likeness (QED) is 0.339. The van der Waals surface area contributed by atoms with Crippen molar-refractivity contribution in [3.05, 3.63) is 60.6 Å². The fourth-order valence-corrected chi connectivity index (χ4v) is 2.79. The van der Waals surface area contributed by atoms with Crippen molar-refractivity contribution in [2.75, 3.05) is 39.2 Å². The average molecular weight is 381 g/mol. The standard InChI is InChI=1S/C21H27N5O2/c1-22-21(23-11-10-18-16-26-12-4-3-9-20(26)24-18)25-17-7-5-8-19(15-17)28-14-6-13-27-2/h3-5,7-9,12,15-16H,6,10-11,13-14H2,1-2H3,(H2,22,23,25). The van der Waals surface area contributed by atoms with Crippen molar-refractivity contribution in [2.24, 2.45) is 4.99 Å². The van der Waals surface area contributed by atoms with E-state index >= 15 is 0 Å². The molecule has 1 aromatic carbocycles. The Kier molecular flexibility index (Phi) is 7.26. The van der Waals surface area contributed by atoms with E-state index in [1.807, 2.05) is 53.1 Å². The van der Waals surface area contributed by atoms with Crippen molar-refractivity contribution >= 4 is 17.3 Å². The molecule has 0 aliphatic heterocycles. The Labute approximate surface area is 165 Å². The van der Waals surface area contributed by atoms with Crippen LogP contribution in [0.4, 0.5) is 5.69 Å². The van der Waals surface area contributed by atoms with Gasteiger partial charge in [0.2, 0.25) is 0 Å². The maximum absolute atomic E-state index is 5.74. The predicted octanol–water partition coefficient (Wildman–Crippen LogP) is 2.98. The highest BCUT2D eigenvalue weighted by atomic mass is 16.5. The first-order valence-corrected chi connectivity index (χ1v) is 9.40. The van der Waals surface area contributed by atoms with Crippen molar-refractivity contribution in [1.29, 1.82) is 0 Å². The number of anilines is 1. The smallest absolute Gasteiger partial charge is 0.195 e. The lowest BCUT2D eigenvalue weighted by molar-refractivity contribution is 0.172. The summed E-state index contributed by atoms with van der Waals surface area (Å²) in [6.07, 6.45) is 5.73. The van der Waals surface area contributed by atoms with Crippen molar-refractivity contribution in [2.45, 2.75) is 12.8 Å². The van der Waals surface area contributed by atoms with E-state index in [-0.39, 0.29) is 0 Å². The van der Waals surface area contributed by atoms with E-state index in [0.717, 1.165) is 42.2 Å². The van der Waals surface area contributed by atoms with Gasteiger partial charge in [0.25, 0.3) is 0 Å². The lowest BCUT2D eigenvalue weighted by atomic mass is 10.3. The molecule has 0 amide bonds. The molecule has 7 heteroatoms. The first kappa shape index (κ1) is 19.7. The largest absolute Gasteiger partial charge is 0.493 e. The molecule has 0 spiro atoms. The van der Waals surface area contributed by atoms with Crippen molar-refractivity contribution in [1.82, 2.24) is 14.7 Å². The van der Waals surface area contributed by atoms with E-state index in [2.05, 4.69) is 26.8 Å². The minimum atomic E-state index is 0.628. The van der Waals surface area contributed by atoms with Gasteiger partial charge in [0.1, 0.15) is 11.4 Å². The van der Waals surface area contributed by atoms with Crippen LogP contribution in [0.2, 0.25) is 0 Å². The van der Waals surface area contributed by atoms with Crippen LogP contribution in [0.3, 0.4) is 0 Å². The number of guanidine groups is 1. The molecule has 0 unspecified atom stereocenters. The second-order valence-corrected chi connectivity index (χ2v) is 6.29. The summed E-state index contributed by atoms with van der Waals surface area (Å²) in [6.45, 7) is 2.06. The van der Waals surface area contributed by atoms with Gasteiger partial charge in [-0.3, -0.25) is 4.99 Å². The molecule has 2 N–H and O–H groups in total. The summed E-state index contributed by atoms with van der Waals surface area (Å²) in [7, 11) is 3.45. The number of imidazole rings is 1. The molecule has 0 aliphatic carbocycles. The second-order valence-electron chi connectivity index (χ2n) is 6.29. The van der Waals surface area contributed by atoms with Gasteiger partial charge in [0.15, 0.2) is 5.96 Å². The number of ether oxygens (including phenoxy) is 2. The lowest BCUT2D eigenvalue weighted by Crippen LogP contribution is -2.32. The van der Waals surface area contributed by atoms with Gasteiger partial charge < -0.3 is 24.5 Å². The molecule has 0 saturated heterocycles. The number of pyridine rings is 1. The zero-order chi connectivity index (χ0) is 19.6. The summed E-state index contributed by atoms with van der Waals surface area (Å²) in [5.41, 5.74) is 2.92. The highest BCUT2D eigenvalue weighted by molar-refractivity contribution is 5.93. The van der Waals surface area contributed by atoms with Gasteiger partial charge in [0.05, 0.1) is 12.3 Å². The summed E-state index contributed by atoms with van der Waals surface area (Å²) in [5, 5.41) is 6.61. The molecule has 0 atom stereocenters. The van der Waals surface area contributed by atoms with E-state index < -0.39 is 0 Å². The van der Waals surface area contributed by atoms with Gasteiger partial charge in [-0.2, -0.15) is 0 Å². The normalized spacial score (nSPS) is 11.6. The molecule has 3 rings (SSSR count). The maximum Gasteiger partial charge on any atom is 0.195 e. The SMILES string of the molecule is CN=C(NCCc1cn2ccccc2n1)Nc1cccc(OCCCOC)c1. The Bertz CT molecular complexity index is 873. The molecule has 148 valence electrons. The van der Waals surface area contributed by atoms with Gasteiger partial charge >= 0.3 is 0 Å². The van der Waals surface area contributed by atoms with Gasteiger partial charge in [-0.1, -0.05) is 12.1 Å². The van der Waals surface area contributed by atoms with Crippen LogP contribution in [0.15, 0.2) is 59.9 Å². The number of aromatic nitrogens is 2. The van der Waals surface area contributed by atoms with Crippen LogP contribution in [-0.4, -0.2) is 49.3 Å². The summed E-state index contributed by atoms with van der Waals surface area (Å²) in [5.74, 6) is 1.53. The van der Waals surface area contributed by atoms with Crippen LogP contribution in [0.1, 0.15) is 12.1 Å². The zero-order valence-electron chi connectivity index (χ0n) is 16.4. The molecule has 2 aromatic heterocycles. The molecule has 0 bridgehead atoms. The fourth-order valence-electron chi connectivity index (χ4n) is 2.79. The Balaban J connectivity index is 1.48. The van der Waals surface area contributed by atoms with Crippen LogP contribution in [0.25, 0.3) is 5.65 Å². The third-order valence-corrected chi connectivity index (χ3v) is 4.17. The Morgan fingerprint density at radius 1 is 1.18 bits per heavy atom. The van der Waals surface area contributed by atoms with E-state index in [0.29, 0.717) is 19.2 Å². The number of hydrogen-bond acceptors (Lipinski definition) is 4. The molecule has 0 saturated carbocycles. The molecule has 0 aliphatic rings. The van der Waals surface area contributed by atoms with Crippen LogP contribution in [-0.2, 0) is 11.2 Å². The van der Waals surface area contributed by atoms with Gasteiger partial charge in [-0.05, 0) is 24.3 Å². The van der Waals surface area contributed by atoms with Crippen LogP contribution >= 0.6 is 0 Å². The van der Waals surface area contributed by atoms with Crippen molar-refractivity contribution in [3.8, 4) is 5.75 Å². The molecule has 0 radical (unpaired) electrons. The molecule has 3 aromatic rings. The summed E-state index contributed by atoms with van der Waals surface area (Å²) < 4.78 is 12.8. The van der Waals surface area contributed by atoms with E-state index in [1.165, 1.54) is 0 Å². The third kappa shape index (κ3) is 5.72. The first-order valence-electron chi connectivity index (χ1n) is 9.40. The van der Waals surface area contributed by atoms with E-state index in [9.17, 15) is 0 Å². The maximum atomic E-state index is 5.74. The van der Waals surface area contributed by atoms with E-state index in [1.54, 1.807) is 14.2 Å². The lowest BCUT2D eigenvalue weighted by Gasteiger charge is -2.13. The summed E-state index contributed by atoms with van der Waals surface area (Å²) in [6, 6.07) is 13.8. The number of rotatable bonds is 9. The highest BCUT2D eigenvalue weighted by Gasteiger charge is 2.04. The molecule has 7 nitrogen and oxygen atoms in total. The molecule has 0 fully saturated rings. The number of nitrogens with zero attached hydrogens (tertiary/aromatic N) is 3. The highest BCUT2D eigenvalue weighted by Crippen LogP contribution is 2.17. The number of benzene rings is 1. The predicted molar refractivity (Wildman–Crippen MR) is 112 cm³/mol. The fraction of sp³-hybridized carbons (Fsp3) is 0.333. The molecule has 2 heterocycles. The number of aliphatic imine (C=N–C) groups is 1. The Hall–Kier alpha value is -3.06. The number of fused-ring (bicyclic) bond motifs is 1. The Morgan fingerprint density at radius 2 is 2.11 bits per heavy atom. The topological polar surface area (TPSA) is 72.2 Å². The first-order chi connectivity index (χ1) is 13.8. The number of nitrogens with one attached hydrogen (secondary N) is 2. The molecular formula is C21H27N5O2. The summed E-state index contributed by atoms with van der Waals surface area (Å²) in [4.78, 5) is 8.89.